The van der Waals surface area contributed by atoms with E-state index < -0.39 is 0 Å². The Hall–Kier alpha value is -0.120. The minimum absolute atomic E-state index is 0.327. The first-order chi connectivity index (χ1) is 8.07. The summed E-state index contributed by atoms with van der Waals surface area (Å²) in [4.78, 5) is 5.10. The second-order valence-corrected chi connectivity index (χ2v) is 6.48. The summed E-state index contributed by atoms with van der Waals surface area (Å²) in [6.07, 6.45) is 6.66. The summed E-state index contributed by atoms with van der Waals surface area (Å²) in [5.74, 6) is 0.860. The van der Waals surface area contributed by atoms with Gasteiger partial charge in [-0.15, -0.1) is 0 Å². The van der Waals surface area contributed by atoms with Crippen molar-refractivity contribution in [2.45, 2.75) is 50.6 Å². The lowest BCUT2D eigenvalue weighted by Gasteiger charge is -2.46. The molecule has 2 fully saturated rings. The second kappa shape index (κ2) is 5.25. The summed E-state index contributed by atoms with van der Waals surface area (Å²) in [6, 6.07) is 0.725. The van der Waals surface area contributed by atoms with Crippen LogP contribution in [0.1, 0.15) is 39.0 Å². The number of nitrogens with zero attached hydrogens (tertiary/aromatic N) is 2. The first-order valence-corrected chi connectivity index (χ1v) is 7.19. The van der Waals surface area contributed by atoms with Gasteiger partial charge in [0.15, 0.2) is 0 Å². The molecule has 0 aromatic rings. The molecule has 1 saturated carbocycles. The number of rotatable bonds is 3. The zero-order valence-corrected chi connectivity index (χ0v) is 11.8. The molecule has 1 aliphatic carbocycles. The van der Waals surface area contributed by atoms with Gasteiger partial charge in [-0.1, -0.05) is 6.92 Å². The highest BCUT2D eigenvalue weighted by Crippen LogP contribution is 2.39. The number of likely N-dealkylation sites (N-methyl/N-ethyl adjacent to an activating group) is 1. The molecule has 0 aromatic heterocycles. The molecule has 2 rings (SSSR count). The van der Waals surface area contributed by atoms with Crippen molar-refractivity contribution in [3.05, 3.63) is 0 Å². The van der Waals surface area contributed by atoms with Gasteiger partial charge in [-0.25, -0.2) is 0 Å². The van der Waals surface area contributed by atoms with Crippen molar-refractivity contribution in [3.8, 4) is 0 Å². The van der Waals surface area contributed by atoms with E-state index in [1.165, 1.54) is 45.2 Å². The number of hydrogen-bond donors (Lipinski definition) is 1. The average Bonchev–Trinajstić information content (AvgIpc) is 2.72. The Bertz CT molecular complexity index is 254. The highest BCUT2D eigenvalue weighted by molar-refractivity contribution is 5.00. The Morgan fingerprint density at radius 2 is 2.12 bits per heavy atom. The molecule has 3 atom stereocenters. The monoisotopic (exact) mass is 239 g/mol. The van der Waals surface area contributed by atoms with Gasteiger partial charge in [0.1, 0.15) is 0 Å². The molecule has 1 heterocycles. The minimum Gasteiger partial charge on any atom is -0.329 e. The fraction of sp³-hybridized carbons (Fsp3) is 1.00. The molecule has 2 aliphatic rings. The SMILES string of the molecule is CC1CCC(CN)(N2CCCC(N(C)C)C2)C1. The molecule has 17 heavy (non-hydrogen) atoms. The molecule has 1 aliphatic heterocycles. The third-order valence-electron chi connectivity index (χ3n) is 5.01. The molecule has 3 heteroatoms. The maximum atomic E-state index is 6.13. The van der Waals surface area contributed by atoms with Crippen LogP contribution in [0.15, 0.2) is 0 Å². The standard InChI is InChI=1S/C14H29N3/c1-12-6-7-14(9-12,11-15)17-8-4-5-13(10-17)16(2)3/h12-13H,4-11,15H2,1-3H3. The van der Waals surface area contributed by atoms with E-state index >= 15 is 0 Å². The fourth-order valence-corrected chi connectivity index (χ4v) is 3.78. The van der Waals surface area contributed by atoms with Gasteiger partial charge in [-0.05, 0) is 58.7 Å². The van der Waals surface area contributed by atoms with Gasteiger partial charge in [-0.3, -0.25) is 4.90 Å². The van der Waals surface area contributed by atoms with E-state index in [-0.39, 0.29) is 0 Å². The summed E-state index contributed by atoms with van der Waals surface area (Å²) in [5, 5.41) is 0. The van der Waals surface area contributed by atoms with E-state index in [0.29, 0.717) is 5.54 Å². The summed E-state index contributed by atoms with van der Waals surface area (Å²) >= 11 is 0. The topological polar surface area (TPSA) is 32.5 Å². The highest BCUT2D eigenvalue weighted by atomic mass is 15.3. The molecule has 100 valence electrons. The van der Waals surface area contributed by atoms with Gasteiger partial charge in [-0.2, -0.15) is 0 Å². The van der Waals surface area contributed by atoms with Crippen molar-refractivity contribution >= 4 is 0 Å². The smallest absolute Gasteiger partial charge is 0.0335 e. The largest absolute Gasteiger partial charge is 0.329 e. The van der Waals surface area contributed by atoms with Crippen LogP contribution in [-0.2, 0) is 0 Å². The van der Waals surface area contributed by atoms with Crippen LogP contribution in [0.3, 0.4) is 0 Å². The maximum absolute atomic E-state index is 6.13. The lowest BCUT2D eigenvalue weighted by molar-refractivity contribution is 0.0365. The highest BCUT2D eigenvalue weighted by Gasteiger charge is 2.42. The van der Waals surface area contributed by atoms with Crippen LogP contribution in [0.5, 0.6) is 0 Å². The Balaban J connectivity index is 2.04. The van der Waals surface area contributed by atoms with E-state index in [1.807, 2.05) is 0 Å². The Morgan fingerprint density at radius 3 is 2.65 bits per heavy atom. The molecular weight excluding hydrogens is 210 g/mol. The van der Waals surface area contributed by atoms with Crippen LogP contribution in [0.2, 0.25) is 0 Å². The molecule has 3 nitrogen and oxygen atoms in total. The van der Waals surface area contributed by atoms with E-state index in [2.05, 4.69) is 30.8 Å². The quantitative estimate of drug-likeness (QED) is 0.811. The van der Waals surface area contributed by atoms with Gasteiger partial charge in [0.05, 0.1) is 0 Å². The predicted molar refractivity (Wildman–Crippen MR) is 73.1 cm³/mol. The van der Waals surface area contributed by atoms with E-state index in [0.717, 1.165) is 18.5 Å². The molecule has 1 saturated heterocycles. The van der Waals surface area contributed by atoms with Crippen molar-refractivity contribution in [1.82, 2.24) is 9.80 Å². The third kappa shape index (κ3) is 2.67. The lowest BCUT2D eigenvalue weighted by Crippen LogP contribution is -2.58. The summed E-state index contributed by atoms with van der Waals surface area (Å²) in [5.41, 5.74) is 6.46. The normalized spacial score (nSPS) is 40.1. The Labute approximate surface area is 106 Å². The van der Waals surface area contributed by atoms with Crippen molar-refractivity contribution in [2.24, 2.45) is 11.7 Å². The first-order valence-electron chi connectivity index (χ1n) is 7.19. The summed E-state index contributed by atoms with van der Waals surface area (Å²) in [7, 11) is 4.42. The summed E-state index contributed by atoms with van der Waals surface area (Å²) in [6.45, 7) is 5.70. The van der Waals surface area contributed by atoms with Crippen LogP contribution in [0.4, 0.5) is 0 Å². The van der Waals surface area contributed by atoms with Gasteiger partial charge >= 0.3 is 0 Å². The van der Waals surface area contributed by atoms with Gasteiger partial charge in [0.25, 0.3) is 0 Å². The number of hydrogen-bond acceptors (Lipinski definition) is 3. The molecule has 0 amide bonds. The zero-order valence-electron chi connectivity index (χ0n) is 11.8. The molecule has 0 bridgehead atoms. The van der Waals surface area contributed by atoms with Gasteiger partial charge in [0, 0.05) is 24.7 Å². The van der Waals surface area contributed by atoms with Crippen LogP contribution in [0.25, 0.3) is 0 Å². The van der Waals surface area contributed by atoms with Crippen molar-refractivity contribution in [2.75, 3.05) is 33.7 Å². The molecule has 0 spiro atoms. The van der Waals surface area contributed by atoms with Crippen LogP contribution in [-0.4, -0.2) is 55.1 Å². The Morgan fingerprint density at radius 1 is 1.35 bits per heavy atom. The van der Waals surface area contributed by atoms with Crippen LogP contribution in [0, 0.1) is 5.92 Å². The summed E-state index contributed by atoms with van der Waals surface area (Å²) < 4.78 is 0. The molecule has 0 aromatic carbocycles. The predicted octanol–water partition coefficient (Wildman–Crippen LogP) is 1.53. The second-order valence-electron chi connectivity index (χ2n) is 6.48. The van der Waals surface area contributed by atoms with E-state index in [9.17, 15) is 0 Å². The average molecular weight is 239 g/mol. The van der Waals surface area contributed by atoms with Crippen molar-refractivity contribution < 1.29 is 0 Å². The molecular formula is C14H29N3. The van der Waals surface area contributed by atoms with Crippen molar-refractivity contribution in [1.29, 1.82) is 0 Å². The minimum atomic E-state index is 0.327. The molecule has 2 N–H and O–H groups in total. The number of likely N-dealkylation sites (tertiary alicyclic amines) is 1. The number of piperidine rings is 1. The molecule has 3 unspecified atom stereocenters. The van der Waals surface area contributed by atoms with Crippen LogP contribution >= 0.6 is 0 Å². The lowest BCUT2D eigenvalue weighted by atomic mass is 9.90. The van der Waals surface area contributed by atoms with Crippen LogP contribution < -0.4 is 5.73 Å². The third-order valence-corrected chi connectivity index (χ3v) is 5.01. The zero-order chi connectivity index (χ0) is 12.5. The van der Waals surface area contributed by atoms with Crippen molar-refractivity contribution in [3.63, 3.8) is 0 Å². The van der Waals surface area contributed by atoms with Gasteiger partial charge in [0.2, 0.25) is 0 Å². The van der Waals surface area contributed by atoms with E-state index in [1.54, 1.807) is 0 Å². The maximum Gasteiger partial charge on any atom is 0.0335 e. The van der Waals surface area contributed by atoms with Gasteiger partial charge < -0.3 is 10.6 Å². The first kappa shape index (κ1) is 13.3. The molecule has 0 radical (unpaired) electrons. The fourth-order valence-electron chi connectivity index (χ4n) is 3.78. The number of nitrogens with two attached hydrogens (primary N) is 1. The van der Waals surface area contributed by atoms with E-state index in [4.69, 9.17) is 5.73 Å². The Kier molecular flexibility index (Phi) is 4.11.